The zero-order chi connectivity index (χ0) is 24.5. The lowest BCUT2D eigenvalue weighted by Gasteiger charge is -2.25. The van der Waals surface area contributed by atoms with Crippen molar-refractivity contribution in [2.45, 2.75) is 57.9 Å². The van der Waals surface area contributed by atoms with Crippen LogP contribution in [0.4, 0.5) is 4.79 Å². The molecule has 2 aromatic rings. The van der Waals surface area contributed by atoms with Crippen molar-refractivity contribution in [1.82, 2.24) is 10.2 Å². The predicted octanol–water partition coefficient (Wildman–Crippen LogP) is 4.80. The summed E-state index contributed by atoms with van der Waals surface area (Å²) in [6, 6.07) is 16.0. The number of carbonyl (C=O) groups is 3. The third-order valence-electron chi connectivity index (χ3n) is 6.17. The normalized spacial score (nSPS) is 13.0. The van der Waals surface area contributed by atoms with E-state index in [0.29, 0.717) is 13.0 Å². The zero-order valence-corrected chi connectivity index (χ0v) is 20.0. The van der Waals surface area contributed by atoms with Crippen LogP contribution in [0.5, 0.6) is 0 Å². The van der Waals surface area contributed by atoms with E-state index >= 15 is 0 Å². The van der Waals surface area contributed by atoms with E-state index in [1.807, 2.05) is 38.1 Å². The Morgan fingerprint density at radius 3 is 2.15 bits per heavy atom. The molecule has 2 amide bonds. The number of fused-ring (bicyclic) bond motifs is 3. The average molecular weight is 467 g/mol. The van der Waals surface area contributed by atoms with Gasteiger partial charge >= 0.3 is 12.1 Å². The number of amides is 2. The van der Waals surface area contributed by atoms with E-state index in [-0.39, 0.29) is 43.9 Å². The fourth-order valence-electron chi connectivity index (χ4n) is 4.58. The van der Waals surface area contributed by atoms with Gasteiger partial charge in [0.05, 0.1) is 6.42 Å². The van der Waals surface area contributed by atoms with Gasteiger partial charge in [-0.3, -0.25) is 9.59 Å². The van der Waals surface area contributed by atoms with Gasteiger partial charge in [0, 0.05) is 31.5 Å². The number of nitrogens with one attached hydrogen (secondary N) is 1. The van der Waals surface area contributed by atoms with Gasteiger partial charge in [-0.1, -0.05) is 68.8 Å². The fourth-order valence-corrected chi connectivity index (χ4v) is 4.58. The monoisotopic (exact) mass is 466 g/mol. The maximum absolute atomic E-state index is 12.8. The fraction of sp³-hybridized carbons (Fsp3) is 0.444. The summed E-state index contributed by atoms with van der Waals surface area (Å²) in [6.07, 6.45) is 1.66. The molecule has 0 heterocycles. The SMILES string of the molecule is CCC[C@H](CC(=O)N(CCC)CCC(=O)O)NC(=O)OCC1c2ccccc2-c2ccccc21. The second-order valence-corrected chi connectivity index (χ2v) is 8.68. The molecule has 2 N–H and O–H groups in total. The molecule has 34 heavy (non-hydrogen) atoms. The summed E-state index contributed by atoms with van der Waals surface area (Å²) in [5.41, 5.74) is 4.62. The van der Waals surface area contributed by atoms with Crippen molar-refractivity contribution < 1.29 is 24.2 Å². The Morgan fingerprint density at radius 1 is 0.971 bits per heavy atom. The number of rotatable bonds is 12. The minimum atomic E-state index is -0.934. The molecule has 0 fully saturated rings. The van der Waals surface area contributed by atoms with Crippen LogP contribution in [-0.2, 0) is 14.3 Å². The van der Waals surface area contributed by atoms with Crippen molar-refractivity contribution in [3.8, 4) is 11.1 Å². The highest BCUT2D eigenvalue weighted by molar-refractivity contribution is 5.80. The van der Waals surface area contributed by atoms with E-state index in [1.54, 1.807) is 4.90 Å². The number of hydrogen-bond donors (Lipinski definition) is 2. The van der Waals surface area contributed by atoms with E-state index in [4.69, 9.17) is 9.84 Å². The molecule has 3 rings (SSSR count). The van der Waals surface area contributed by atoms with Gasteiger partial charge < -0.3 is 20.1 Å². The van der Waals surface area contributed by atoms with Crippen LogP contribution in [0.15, 0.2) is 48.5 Å². The number of carbonyl (C=O) groups excluding carboxylic acids is 2. The van der Waals surface area contributed by atoms with Gasteiger partial charge in [0.2, 0.25) is 5.91 Å². The molecule has 7 heteroatoms. The molecular weight excluding hydrogens is 432 g/mol. The van der Waals surface area contributed by atoms with E-state index in [9.17, 15) is 14.4 Å². The number of carboxylic acid groups (broad SMARTS) is 1. The van der Waals surface area contributed by atoms with E-state index in [2.05, 4.69) is 29.6 Å². The Morgan fingerprint density at radius 2 is 1.59 bits per heavy atom. The van der Waals surface area contributed by atoms with Crippen LogP contribution in [0.1, 0.15) is 63.0 Å². The van der Waals surface area contributed by atoms with Crippen molar-refractivity contribution in [2.24, 2.45) is 0 Å². The minimum absolute atomic E-state index is 0.0273. The van der Waals surface area contributed by atoms with Crippen molar-refractivity contribution in [2.75, 3.05) is 19.7 Å². The first-order valence-corrected chi connectivity index (χ1v) is 12.1. The van der Waals surface area contributed by atoms with Crippen LogP contribution in [-0.4, -0.2) is 53.7 Å². The number of aliphatic carboxylic acids is 1. The number of carboxylic acids is 1. The summed E-state index contributed by atoms with van der Waals surface area (Å²) in [7, 11) is 0. The highest BCUT2D eigenvalue weighted by Crippen LogP contribution is 2.44. The molecule has 1 aliphatic rings. The van der Waals surface area contributed by atoms with Crippen LogP contribution >= 0.6 is 0 Å². The van der Waals surface area contributed by atoms with Crippen LogP contribution in [0, 0.1) is 0 Å². The average Bonchev–Trinajstić information content (AvgIpc) is 3.14. The standard InChI is InChI=1S/C27H34N2O5/c1-3-9-19(17-25(30)29(15-4-2)16-14-26(31)32)28-27(33)34-18-24-22-12-7-5-10-20(22)21-11-6-8-13-23(21)24/h5-8,10-13,19,24H,3-4,9,14-18H2,1-2H3,(H,28,33)(H,31,32)/t19-/m1/s1. The molecule has 0 unspecified atom stereocenters. The van der Waals surface area contributed by atoms with Crippen molar-refractivity contribution in [1.29, 1.82) is 0 Å². The van der Waals surface area contributed by atoms with Gasteiger partial charge in [0.15, 0.2) is 0 Å². The van der Waals surface area contributed by atoms with E-state index in [1.165, 1.54) is 11.1 Å². The van der Waals surface area contributed by atoms with Crippen LogP contribution in [0.25, 0.3) is 11.1 Å². The zero-order valence-electron chi connectivity index (χ0n) is 20.0. The molecule has 0 radical (unpaired) electrons. The lowest BCUT2D eigenvalue weighted by molar-refractivity contribution is -0.138. The predicted molar refractivity (Wildman–Crippen MR) is 131 cm³/mol. The number of nitrogens with zero attached hydrogens (tertiary/aromatic N) is 1. The Hall–Kier alpha value is -3.35. The lowest BCUT2D eigenvalue weighted by Crippen LogP contribution is -2.42. The maximum Gasteiger partial charge on any atom is 0.407 e. The summed E-state index contributed by atoms with van der Waals surface area (Å²) < 4.78 is 5.63. The third kappa shape index (κ3) is 6.37. The summed E-state index contributed by atoms with van der Waals surface area (Å²) in [5, 5.41) is 11.8. The van der Waals surface area contributed by atoms with Crippen LogP contribution in [0.2, 0.25) is 0 Å². The van der Waals surface area contributed by atoms with E-state index in [0.717, 1.165) is 24.0 Å². The third-order valence-corrected chi connectivity index (χ3v) is 6.17. The van der Waals surface area contributed by atoms with Crippen LogP contribution in [0.3, 0.4) is 0 Å². The van der Waals surface area contributed by atoms with E-state index < -0.39 is 12.1 Å². The smallest absolute Gasteiger partial charge is 0.407 e. The quantitative estimate of drug-likeness (QED) is 0.469. The van der Waals surface area contributed by atoms with Gasteiger partial charge in [-0.05, 0) is 35.1 Å². The van der Waals surface area contributed by atoms with Gasteiger partial charge in [-0.15, -0.1) is 0 Å². The number of ether oxygens (including phenoxy) is 1. The highest BCUT2D eigenvalue weighted by atomic mass is 16.5. The topological polar surface area (TPSA) is 95.9 Å². The van der Waals surface area contributed by atoms with Gasteiger partial charge in [0.25, 0.3) is 0 Å². The van der Waals surface area contributed by atoms with Crippen molar-refractivity contribution >= 4 is 18.0 Å². The van der Waals surface area contributed by atoms with Crippen molar-refractivity contribution in [3.05, 3.63) is 59.7 Å². The lowest BCUT2D eigenvalue weighted by atomic mass is 9.98. The minimum Gasteiger partial charge on any atom is -0.481 e. The second kappa shape index (κ2) is 12.2. The molecule has 0 aromatic heterocycles. The number of alkyl carbamates (subject to hydrolysis) is 1. The summed E-state index contributed by atoms with van der Waals surface area (Å²) in [5.74, 6) is -1.11. The first-order chi connectivity index (χ1) is 16.4. The van der Waals surface area contributed by atoms with Gasteiger partial charge in [0.1, 0.15) is 6.61 Å². The first kappa shape index (κ1) is 25.3. The maximum atomic E-state index is 12.8. The summed E-state index contributed by atoms with van der Waals surface area (Å²) >= 11 is 0. The molecule has 0 aliphatic heterocycles. The Bertz CT molecular complexity index is 961. The molecular formula is C27H34N2O5. The van der Waals surface area contributed by atoms with Crippen LogP contribution < -0.4 is 5.32 Å². The largest absolute Gasteiger partial charge is 0.481 e. The summed E-state index contributed by atoms with van der Waals surface area (Å²) in [4.78, 5) is 37.9. The first-order valence-electron chi connectivity index (χ1n) is 12.1. The summed E-state index contributed by atoms with van der Waals surface area (Å²) in [6.45, 7) is 4.82. The molecule has 1 atom stereocenters. The van der Waals surface area contributed by atoms with Crippen molar-refractivity contribution in [3.63, 3.8) is 0 Å². The Balaban J connectivity index is 1.60. The Kier molecular flexibility index (Phi) is 9.08. The molecule has 0 saturated heterocycles. The molecule has 2 aromatic carbocycles. The highest BCUT2D eigenvalue weighted by Gasteiger charge is 2.29. The molecule has 182 valence electrons. The molecule has 1 aliphatic carbocycles. The number of benzene rings is 2. The van der Waals surface area contributed by atoms with Gasteiger partial charge in [-0.25, -0.2) is 4.79 Å². The molecule has 7 nitrogen and oxygen atoms in total. The molecule has 0 saturated carbocycles. The number of hydrogen-bond acceptors (Lipinski definition) is 4. The second-order valence-electron chi connectivity index (χ2n) is 8.68. The molecule has 0 spiro atoms. The van der Waals surface area contributed by atoms with Gasteiger partial charge in [-0.2, -0.15) is 0 Å². The molecule has 0 bridgehead atoms. The Labute approximate surface area is 201 Å².